The molecule has 0 radical (unpaired) electrons. The summed E-state index contributed by atoms with van der Waals surface area (Å²) in [5.41, 5.74) is 3.25. The van der Waals surface area contributed by atoms with Gasteiger partial charge in [0.25, 0.3) is 5.91 Å². The van der Waals surface area contributed by atoms with Crippen LogP contribution in [0.2, 0.25) is 0 Å². The first-order valence-electron chi connectivity index (χ1n) is 6.84. The number of nitrogens with one attached hydrogen (secondary N) is 2. The number of rotatable bonds is 1. The number of nitrogens with zero attached hydrogens (tertiary/aromatic N) is 2. The second-order valence-corrected chi connectivity index (χ2v) is 5.59. The molecule has 4 rings (SSSR count). The Balaban J connectivity index is 1.79. The molecule has 1 atom stereocenters. The van der Waals surface area contributed by atoms with E-state index in [4.69, 9.17) is 0 Å². The topological polar surface area (TPSA) is 76.0 Å². The number of aryl methyl sites for hydroxylation is 2. The number of imide groups is 1. The third-order valence-electron chi connectivity index (χ3n) is 4.31. The van der Waals surface area contributed by atoms with Crippen LogP contribution in [0.25, 0.3) is 11.1 Å². The smallest absolute Gasteiger partial charge is 0.319 e. The summed E-state index contributed by atoms with van der Waals surface area (Å²) in [6, 6.07) is 5.58. The van der Waals surface area contributed by atoms with Crippen LogP contribution in [0.4, 0.5) is 4.79 Å². The lowest BCUT2D eigenvalue weighted by atomic mass is 9.91. The Morgan fingerprint density at radius 1 is 1.29 bits per heavy atom. The molecule has 21 heavy (non-hydrogen) atoms. The second kappa shape index (κ2) is 3.94. The molecule has 2 aliphatic rings. The van der Waals surface area contributed by atoms with E-state index in [9.17, 15) is 9.59 Å². The fourth-order valence-electron chi connectivity index (χ4n) is 3.28. The van der Waals surface area contributed by atoms with Crippen LogP contribution in [0.15, 0.2) is 30.6 Å². The molecule has 6 heteroatoms. The molecule has 1 aromatic heterocycles. The van der Waals surface area contributed by atoms with Gasteiger partial charge in [0.15, 0.2) is 0 Å². The second-order valence-electron chi connectivity index (χ2n) is 5.59. The zero-order valence-corrected chi connectivity index (χ0v) is 11.5. The van der Waals surface area contributed by atoms with Gasteiger partial charge in [-0.2, -0.15) is 5.10 Å². The fraction of sp³-hybridized carbons (Fsp3) is 0.267. The molecule has 2 aromatic rings. The standard InChI is InChI=1S/C15H14N4O2/c1-19-8-11(7-16-19)9-2-3-12-10(6-9)4-5-15(12)13(20)17-14(21)18-15/h2-3,6-8H,4-5H2,1H3,(H2,17,18,20,21). The molecule has 0 bridgehead atoms. The zero-order valence-electron chi connectivity index (χ0n) is 11.5. The molecule has 1 aliphatic carbocycles. The molecule has 6 nitrogen and oxygen atoms in total. The van der Waals surface area contributed by atoms with Crippen LogP contribution in [0.3, 0.4) is 0 Å². The lowest BCUT2D eigenvalue weighted by Gasteiger charge is -2.21. The van der Waals surface area contributed by atoms with Crippen molar-refractivity contribution in [3.63, 3.8) is 0 Å². The van der Waals surface area contributed by atoms with E-state index < -0.39 is 11.6 Å². The van der Waals surface area contributed by atoms with Crippen molar-refractivity contribution in [1.29, 1.82) is 0 Å². The van der Waals surface area contributed by atoms with Crippen LogP contribution in [0.5, 0.6) is 0 Å². The Bertz CT molecular complexity index is 780. The monoisotopic (exact) mass is 282 g/mol. The number of carbonyl (C=O) groups is 2. The average Bonchev–Trinajstić information content (AvgIpc) is 3.11. The minimum absolute atomic E-state index is 0.250. The lowest BCUT2D eigenvalue weighted by molar-refractivity contribution is -0.124. The van der Waals surface area contributed by atoms with Crippen molar-refractivity contribution < 1.29 is 9.59 Å². The molecule has 2 N–H and O–H groups in total. The van der Waals surface area contributed by atoms with Gasteiger partial charge in [0.2, 0.25) is 0 Å². The Labute approximate surface area is 121 Å². The Hall–Kier alpha value is -2.63. The highest BCUT2D eigenvalue weighted by atomic mass is 16.2. The maximum atomic E-state index is 12.1. The van der Waals surface area contributed by atoms with Crippen molar-refractivity contribution in [1.82, 2.24) is 20.4 Å². The van der Waals surface area contributed by atoms with Gasteiger partial charge in [-0.25, -0.2) is 4.79 Å². The van der Waals surface area contributed by atoms with Crippen LogP contribution < -0.4 is 10.6 Å². The van der Waals surface area contributed by atoms with Gasteiger partial charge in [-0.15, -0.1) is 0 Å². The molecule has 1 unspecified atom stereocenters. The van der Waals surface area contributed by atoms with Gasteiger partial charge >= 0.3 is 6.03 Å². The van der Waals surface area contributed by atoms with Crippen molar-refractivity contribution in [2.24, 2.45) is 7.05 Å². The molecule has 2 heterocycles. The Kier molecular flexibility index (Phi) is 2.28. The number of carbonyl (C=O) groups excluding carboxylic acids is 2. The van der Waals surface area contributed by atoms with E-state index in [0.717, 1.165) is 28.7 Å². The van der Waals surface area contributed by atoms with E-state index in [1.807, 2.05) is 31.6 Å². The first-order chi connectivity index (χ1) is 10.1. The minimum atomic E-state index is -0.875. The summed E-state index contributed by atoms with van der Waals surface area (Å²) >= 11 is 0. The van der Waals surface area contributed by atoms with Crippen molar-refractivity contribution >= 4 is 11.9 Å². The van der Waals surface area contributed by atoms with Gasteiger partial charge in [-0.1, -0.05) is 18.2 Å². The highest BCUT2D eigenvalue weighted by molar-refractivity contribution is 6.08. The summed E-state index contributed by atoms with van der Waals surface area (Å²) < 4.78 is 1.76. The van der Waals surface area contributed by atoms with Crippen molar-refractivity contribution in [2.75, 3.05) is 0 Å². The average molecular weight is 282 g/mol. The Morgan fingerprint density at radius 3 is 2.81 bits per heavy atom. The van der Waals surface area contributed by atoms with Gasteiger partial charge in [0.1, 0.15) is 5.54 Å². The number of urea groups is 1. The molecular formula is C15H14N4O2. The molecular weight excluding hydrogens is 268 g/mol. The van der Waals surface area contributed by atoms with Crippen LogP contribution in [-0.2, 0) is 23.8 Å². The molecule has 1 aromatic carbocycles. The highest BCUT2D eigenvalue weighted by Gasteiger charge is 2.51. The van der Waals surface area contributed by atoms with E-state index in [0.29, 0.717) is 6.42 Å². The maximum absolute atomic E-state index is 12.1. The molecule has 1 aliphatic heterocycles. The van der Waals surface area contributed by atoms with Gasteiger partial charge in [-0.3, -0.25) is 14.8 Å². The molecule has 1 fully saturated rings. The quantitative estimate of drug-likeness (QED) is 0.768. The summed E-state index contributed by atoms with van der Waals surface area (Å²) in [6.45, 7) is 0. The molecule has 1 saturated heterocycles. The van der Waals surface area contributed by atoms with Crippen LogP contribution in [0, 0.1) is 0 Å². The Morgan fingerprint density at radius 2 is 2.14 bits per heavy atom. The van der Waals surface area contributed by atoms with Gasteiger partial charge in [0.05, 0.1) is 6.20 Å². The maximum Gasteiger partial charge on any atom is 0.322 e. The van der Waals surface area contributed by atoms with E-state index >= 15 is 0 Å². The molecule has 3 amide bonds. The van der Waals surface area contributed by atoms with Gasteiger partial charge in [-0.05, 0) is 29.5 Å². The number of aromatic nitrogens is 2. The third kappa shape index (κ3) is 1.62. The van der Waals surface area contributed by atoms with Crippen LogP contribution in [0.1, 0.15) is 17.5 Å². The van der Waals surface area contributed by atoms with Gasteiger partial charge in [0, 0.05) is 18.8 Å². The summed E-state index contributed by atoms with van der Waals surface area (Å²) in [5, 5.41) is 9.30. The third-order valence-corrected chi connectivity index (χ3v) is 4.31. The van der Waals surface area contributed by atoms with E-state index in [1.165, 1.54) is 0 Å². The SMILES string of the molecule is Cn1cc(-c2ccc3c(c2)CCC32NC(=O)NC2=O)cn1. The van der Waals surface area contributed by atoms with Gasteiger partial charge < -0.3 is 5.32 Å². The number of hydrogen-bond acceptors (Lipinski definition) is 3. The molecule has 106 valence electrons. The predicted octanol–water partition coefficient (Wildman–Crippen LogP) is 1.07. The normalized spacial score (nSPS) is 23.3. The summed E-state index contributed by atoms with van der Waals surface area (Å²) in [5.74, 6) is -0.250. The van der Waals surface area contributed by atoms with E-state index in [1.54, 1.807) is 4.68 Å². The highest BCUT2D eigenvalue weighted by Crippen LogP contribution is 2.40. The number of hydrogen-bond donors (Lipinski definition) is 2. The van der Waals surface area contributed by atoms with Crippen molar-refractivity contribution in [3.05, 3.63) is 41.7 Å². The molecule has 0 saturated carbocycles. The first-order valence-corrected chi connectivity index (χ1v) is 6.84. The zero-order chi connectivity index (χ0) is 14.6. The van der Waals surface area contributed by atoms with Crippen LogP contribution in [-0.4, -0.2) is 21.7 Å². The first kappa shape index (κ1) is 12.1. The van der Waals surface area contributed by atoms with E-state index in [2.05, 4.69) is 21.8 Å². The minimum Gasteiger partial charge on any atom is -0.319 e. The number of fused-ring (bicyclic) bond motifs is 2. The summed E-state index contributed by atoms with van der Waals surface area (Å²) in [6.07, 6.45) is 5.15. The van der Waals surface area contributed by atoms with E-state index in [-0.39, 0.29) is 5.91 Å². The van der Waals surface area contributed by atoms with Crippen LogP contribution >= 0.6 is 0 Å². The lowest BCUT2D eigenvalue weighted by Crippen LogP contribution is -2.41. The summed E-state index contributed by atoms with van der Waals surface area (Å²) in [7, 11) is 1.88. The fourth-order valence-corrected chi connectivity index (χ4v) is 3.28. The molecule has 1 spiro atoms. The van der Waals surface area contributed by atoms with Crippen molar-refractivity contribution in [3.8, 4) is 11.1 Å². The number of benzene rings is 1. The predicted molar refractivity (Wildman–Crippen MR) is 75.3 cm³/mol. The number of amides is 3. The summed E-state index contributed by atoms with van der Waals surface area (Å²) in [4.78, 5) is 23.6. The van der Waals surface area contributed by atoms with Crippen molar-refractivity contribution in [2.45, 2.75) is 18.4 Å². The largest absolute Gasteiger partial charge is 0.322 e.